The van der Waals surface area contributed by atoms with E-state index in [0.717, 1.165) is 25.3 Å². The third kappa shape index (κ3) is 3.37. The van der Waals surface area contributed by atoms with Crippen LogP contribution in [0.25, 0.3) is 0 Å². The van der Waals surface area contributed by atoms with Crippen molar-refractivity contribution in [1.29, 1.82) is 0 Å². The minimum atomic E-state index is 0.212. The molecule has 2 atom stereocenters. The highest BCUT2D eigenvalue weighted by Crippen LogP contribution is 2.43. The number of hydrogen-bond acceptors (Lipinski definition) is 3. The van der Waals surface area contributed by atoms with E-state index >= 15 is 0 Å². The summed E-state index contributed by atoms with van der Waals surface area (Å²) < 4.78 is 7.83. The van der Waals surface area contributed by atoms with Crippen LogP contribution in [0, 0.1) is 11.3 Å². The molecule has 2 unspecified atom stereocenters. The van der Waals surface area contributed by atoms with Crippen molar-refractivity contribution >= 4 is 0 Å². The van der Waals surface area contributed by atoms with Gasteiger partial charge >= 0.3 is 0 Å². The Hall–Kier alpha value is -0.870. The number of ether oxygens (including phenoxy) is 1. The summed E-state index contributed by atoms with van der Waals surface area (Å²) in [5, 5.41) is 7.99. The molecule has 4 heteroatoms. The normalized spacial score (nSPS) is 25.6. The molecule has 0 bridgehead atoms. The summed E-state index contributed by atoms with van der Waals surface area (Å²) >= 11 is 0. The first-order chi connectivity index (χ1) is 8.89. The zero-order valence-corrected chi connectivity index (χ0v) is 12.8. The fraction of sp³-hybridized carbons (Fsp3) is 0.800. The molecule has 0 aromatic carbocycles. The Balaban J connectivity index is 1.77. The highest BCUT2D eigenvalue weighted by molar-refractivity contribution is 5.05. The fourth-order valence-electron chi connectivity index (χ4n) is 2.61. The summed E-state index contributed by atoms with van der Waals surface area (Å²) in [6, 6.07) is 2.58. The van der Waals surface area contributed by atoms with Crippen molar-refractivity contribution in [2.45, 2.75) is 52.8 Å². The van der Waals surface area contributed by atoms with Gasteiger partial charge in [-0.2, -0.15) is 5.10 Å². The minimum absolute atomic E-state index is 0.212. The molecule has 1 aliphatic carbocycles. The second kappa shape index (κ2) is 5.63. The number of aryl methyl sites for hydroxylation is 1. The molecular weight excluding hydrogens is 238 g/mol. The van der Waals surface area contributed by atoms with E-state index in [-0.39, 0.29) is 5.41 Å². The lowest BCUT2D eigenvalue weighted by Crippen LogP contribution is -2.60. The molecule has 1 fully saturated rings. The molecular formula is C15H27N3O. The van der Waals surface area contributed by atoms with E-state index in [1.807, 2.05) is 17.9 Å². The molecule has 2 rings (SSSR count). The van der Waals surface area contributed by atoms with Crippen molar-refractivity contribution in [3.05, 3.63) is 18.0 Å². The molecule has 0 saturated heterocycles. The third-order valence-corrected chi connectivity index (χ3v) is 4.11. The lowest BCUT2D eigenvalue weighted by Gasteiger charge is -2.52. The molecule has 0 aliphatic heterocycles. The lowest BCUT2D eigenvalue weighted by molar-refractivity contribution is -0.124. The highest BCUT2D eigenvalue weighted by Gasteiger charge is 2.48. The number of aromatic nitrogens is 2. The molecule has 19 heavy (non-hydrogen) atoms. The van der Waals surface area contributed by atoms with Gasteiger partial charge in [0.1, 0.15) is 0 Å². The van der Waals surface area contributed by atoms with Gasteiger partial charge in [0.15, 0.2) is 0 Å². The number of nitrogens with one attached hydrogen (secondary N) is 1. The maximum Gasteiger partial charge on any atom is 0.0762 e. The van der Waals surface area contributed by atoms with E-state index in [1.54, 1.807) is 0 Å². The molecule has 0 spiro atoms. The Labute approximate surface area is 116 Å². The van der Waals surface area contributed by atoms with Gasteiger partial charge < -0.3 is 10.1 Å². The molecule has 1 aliphatic rings. The zero-order valence-electron chi connectivity index (χ0n) is 12.8. The Morgan fingerprint density at radius 1 is 1.53 bits per heavy atom. The Morgan fingerprint density at radius 3 is 2.79 bits per heavy atom. The summed E-state index contributed by atoms with van der Waals surface area (Å²) in [4.78, 5) is 0. The second-order valence-corrected chi connectivity index (χ2v) is 6.69. The number of nitrogens with zero attached hydrogens (tertiary/aromatic N) is 2. The van der Waals surface area contributed by atoms with Gasteiger partial charge in [0.25, 0.3) is 0 Å². The minimum Gasteiger partial charge on any atom is -0.377 e. The first-order valence-electron chi connectivity index (χ1n) is 7.23. The van der Waals surface area contributed by atoms with Crippen molar-refractivity contribution in [1.82, 2.24) is 15.1 Å². The lowest BCUT2D eigenvalue weighted by atomic mass is 9.64. The van der Waals surface area contributed by atoms with Crippen LogP contribution in [0.5, 0.6) is 0 Å². The third-order valence-electron chi connectivity index (χ3n) is 4.11. The molecule has 1 heterocycles. The van der Waals surface area contributed by atoms with Crippen molar-refractivity contribution in [2.24, 2.45) is 18.4 Å². The van der Waals surface area contributed by atoms with E-state index in [2.05, 4.69) is 44.2 Å². The monoisotopic (exact) mass is 265 g/mol. The Kier molecular flexibility index (Phi) is 4.31. The van der Waals surface area contributed by atoms with Crippen molar-refractivity contribution < 1.29 is 4.74 Å². The van der Waals surface area contributed by atoms with Gasteiger partial charge in [-0.3, -0.25) is 4.68 Å². The van der Waals surface area contributed by atoms with Crippen LogP contribution in [0.4, 0.5) is 0 Å². The predicted octanol–water partition coefficient (Wildman–Crippen LogP) is 2.35. The largest absolute Gasteiger partial charge is 0.377 e. The van der Waals surface area contributed by atoms with Crippen molar-refractivity contribution in [2.75, 3.05) is 6.61 Å². The number of rotatable bonds is 6. The molecule has 0 radical (unpaired) electrons. The van der Waals surface area contributed by atoms with E-state index in [1.165, 1.54) is 0 Å². The predicted molar refractivity (Wildman–Crippen MR) is 76.8 cm³/mol. The maximum atomic E-state index is 5.98. The zero-order chi connectivity index (χ0) is 14.0. The first kappa shape index (κ1) is 14.5. The topological polar surface area (TPSA) is 39.1 Å². The van der Waals surface area contributed by atoms with Crippen LogP contribution >= 0.6 is 0 Å². The molecule has 1 aromatic heterocycles. The van der Waals surface area contributed by atoms with Crippen molar-refractivity contribution in [3.63, 3.8) is 0 Å². The van der Waals surface area contributed by atoms with Crippen LogP contribution < -0.4 is 5.32 Å². The summed E-state index contributed by atoms with van der Waals surface area (Å²) in [5.41, 5.74) is 1.31. The first-order valence-corrected chi connectivity index (χ1v) is 7.23. The summed E-state index contributed by atoms with van der Waals surface area (Å²) in [6.07, 6.45) is 3.47. The van der Waals surface area contributed by atoms with Crippen LogP contribution in [-0.4, -0.2) is 28.5 Å². The van der Waals surface area contributed by atoms with Crippen LogP contribution in [-0.2, 0) is 18.3 Å². The van der Waals surface area contributed by atoms with Crippen LogP contribution in [0.3, 0.4) is 0 Å². The number of hydrogen-bond donors (Lipinski definition) is 1. The van der Waals surface area contributed by atoms with Gasteiger partial charge in [-0.15, -0.1) is 0 Å². The summed E-state index contributed by atoms with van der Waals surface area (Å²) in [7, 11) is 1.95. The fourth-order valence-corrected chi connectivity index (χ4v) is 2.61. The second-order valence-electron chi connectivity index (χ2n) is 6.69. The highest BCUT2D eigenvalue weighted by atomic mass is 16.5. The van der Waals surface area contributed by atoms with E-state index in [9.17, 15) is 0 Å². The molecule has 108 valence electrons. The van der Waals surface area contributed by atoms with Gasteiger partial charge in [0, 0.05) is 37.9 Å². The Bertz CT molecular complexity index is 411. The standard InChI is InChI=1S/C15H27N3O/c1-11(2)10-19-14-8-13(15(14,3)4)16-9-12-6-7-18(5)17-12/h6-7,11,13-14,16H,8-10H2,1-5H3. The van der Waals surface area contributed by atoms with Gasteiger partial charge in [0.2, 0.25) is 0 Å². The molecule has 1 saturated carbocycles. The molecule has 0 amide bonds. The van der Waals surface area contributed by atoms with Crippen LogP contribution in [0.15, 0.2) is 12.3 Å². The molecule has 4 nitrogen and oxygen atoms in total. The average molecular weight is 265 g/mol. The van der Waals surface area contributed by atoms with Crippen LogP contribution in [0.2, 0.25) is 0 Å². The van der Waals surface area contributed by atoms with Gasteiger partial charge in [-0.1, -0.05) is 27.7 Å². The molecule has 1 aromatic rings. The maximum absolute atomic E-state index is 5.98. The van der Waals surface area contributed by atoms with Crippen LogP contribution in [0.1, 0.15) is 39.8 Å². The van der Waals surface area contributed by atoms with E-state index in [4.69, 9.17) is 4.74 Å². The molecule has 1 N–H and O–H groups in total. The quantitative estimate of drug-likeness (QED) is 0.858. The SMILES string of the molecule is CC(C)COC1CC(NCc2ccn(C)n2)C1(C)C. The van der Waals surface area contributed by atoms with Gasteiger partial charge in [0.05, 0.1) is 11.8 Å². The Morgan fingerprint density at radius 2 is 2.26 bits per heavy atom. The van der Waals surface area contributed by atoms with Gasteiger partial charge in [-0.05, 0) is 18.4 Å². The van der Waals surface area contributed by atoms with E-state index in [0.29, 0.717) is 18.1 Å². The van der Waals surface area contributed by atoms with E-state index < -0.39 is 0 Å². The summed E-state index contributed by atoms with van der Waals surface area (Å²) in [6.45, 7) is 10.7. The smallest absolute Gasteiger partial charge is 0.0762 e. The van der Waals surface area contributed by atoms with Crippen molar-refractivity contribution in [3.8, 4) is 0 Å². The summed E-state index contributed by atoms with van der Waals surface area (Å²) in [5.74, 6) is 0.608. The van der Waals surface area contributed by atoms with Gasteiger partial charge in [-0.25, -0.2) is 0 Å². The average Bonchev–Trinajstić information content (AvgIpc) is 2.72.